The maximum absolute atomic E-state index is 11.8. The number of hydrogen-bond donors (Lipinski definition) is 0. The van der Waals surface area contributed by atoms with Gasteiger partial charge in [-0.3, -0.25) is 4.90 Å². The standard InChI is InChI=1S/C35H42N2O4/c1-22(34(38)39)33(24-6-7-24)27-8-5-23-10-12-30(41-31(23)18-27)26-9-11-29(25-13-15-36-32(19-25)40-4)28(17-26)20-37-16-14-35(2,3)21-37/h5,8-9,11,13,15,17-19,22,24,30,33H,6-7,10,12,14,16,20-21H2,1-4H3,(H,38,39)/p-1/t22-,30?,33-/m0/s1. The van der Waals surface area contributed by atoms with Gasteiger partial charge < -0.3 is 19.4 Å². The Morgan fingerprint density at radius 1 is 1.15 bits per heavy atom. The van der Waals surface area contributed by atoms with Crippen molar-refractivity contribution in [2.24, 2.45) is 17.3 Å². The molecule has 2 aromatic carbocycles. The fraction of sp³-hybridized carbons (Fsp3) is 0.486. The largest absolute Gasteiger partial charge is 0.550 e. The number of carbonyl (C=O) groups is 1. The minimum absolute atomic E-state index is 0.0257. The van der Waals surface area contributed by atoms with E-state index in [-0.39, 0.29) is 12.0 Å². The number of methoxy groups -OCH3 is 1. The average molecular weight is 554 g/mol. The number of carbonyl (C=O) groups excluding carboxylic acids is 1. The minimum atomic E-state index is -0.973. The highest BCUT2D eigenvalue weighted by atomic mass is 16.5. The third-order valence-corrected chi connectivity index (χ3v) is 9.37. The molecule has 1 saturated heterocycles. The summed E-state index contributed by atoms with van der Waals surface area (Å²) in [5, 5.41) is 11.8. The summed E-state index contributed by atoms with van der Waals surface area (Å²) in [5.74, 6) is 0.401. The Balaban J connectivity index is 1.30. The van der Waals surface area contributed by atoms with Crippen LogP contribution in [0.1, 0.15) is 80.7 Å². The highest BCUT2D eigenvalue weighted by Gasteiger charge is 2.37. The second-order valence-electron chi connectivity index (χ2n) is 13.1. The highest BCUT2D eigenvalue weighted by Crippen LogP contribution is 2.48. The first kappa shape index (κ1) is 27.8. The van der Waals surface area contributed by atoms with Gasteiger partial charge in [-0.15, -0.1) is 0 Å². The Labute approximate surface area is 243 Å². The zero-order chi connectivity index (χ0) is 28.7. The lowest BCUT2D eigenvalue weighted by Gasteiger charge is -2.30. The van der Waals surface area contributed by atoms with Crippen molar-refractivity contribution >= 4 is 5.97 Å². The van der Waals surface area contributed by atoms with Crippen LogP contribution in [-0.2, 0) is 17.8 Å². The number of aliphatic carboxylic acids is 1. The number of pyridine rings is 1. The van der Waals surface area contributed by atoms with Crippen LogP contribution in [-0.4, -0.2) is 36.1 Å². The molecule has 41 heavy (non-hydrogen) atoms. The molecule has 2 aliphatic heterocycles. The third kappa shape index (κ3) is 5.99. The van der Waals surface area contributed by atoms with Crippen molar-refractivity contribution in [1.29, 1.82) is 0 Å². The molecule has 0 bridgehead atoms. The predicted octanol–water partition coefficient (Wildman–Crippen LogP) is 5.94. The van der Waals surface area contributed by atoms with Gasteiger partial charge in [0, 0.05) is 37.2 Å². The average Bonchev–Trinajstić information content (AvgIpc) is 3.74. The van der Waals surface area contributed by atoms with Crippen molar-refractivity contribution in [3.8, 4) is 22.8 Å². The molecule has 6 heteroatoms. The summed E-state index contributed by atoms with van der Waals surface area (Å²) in [4.78, 5) is 18.6. The van der Waals surface area contributed by atoms with Gasteiger partial charge in [-0.25, -0.2) is 4.98 Å². The topological polar surface area (TPSA) is 74.7 Å². The van der Waals surface area contributed by atoms with E-state index in [4.69, 9.17) is 9.47 Å². The first-order valence-electron chi connectivity index (χ1n) is 15.1. The van der Waals surface area contributed by atoms with Crippen molar-refractivity contribution in [3.05, 3.63) is 77.0 Å². The van der Waals surface area contributed by atoms with Crippen LogP contribution in [0.5, 0.6) is 11.6 Å². The van der Waals surface area contributed by atoms with Gasteiger partial charge in [-0.05, 0) is 101 Å². The number of aryl methyl sites for hydroxylation is 1. The molecule has 1 aliphatic carbocycles. The number of aromatic nitrogens is 1. The first-order valence-corrected chi connectivity index (χ1v) is 15.1. The van der Waals surface area contributed by atoms with Crippen LogP contribution in [0.15, 0.2) is 54.7 Å². The molecule has 6 rings (SSSR count). The molecule has 0 radical (unpaired) electrons. The van der Waals surface area contributed by atoms with Crippen LogP contribution >= 0.6 is 0 Å². The van der Waals surface area contributed by atoms with Gasteiger partial charge in [-0.2, -0.15) is 0 Å². The van der Waals surface area contributed by atoms with Crippen LogP contribution in [0.25, 0.3) is 11.1 Å². The van der Waals surface area contributed by atoms with Gasteiger partial charge in [-0.1, -0.05) is 51.1 Å². The highest BCUT2D eigenvalue weighted by molar-refractivity contribution is 5.69. The molecule has 0 amide bonds. The van der Waals surface area contributed by atoms with Crippen LogP contribution in [0, 0.1) is 17.3 Å². The van der Waals surface area contributed by atoms with Gasteiger partial charge in [0.25, 0.3) is 0 Å². The van der Waals surface area contributed by atoms with E-state index in [1.807, 2.05) is 12.1 Å². The maximum Gasteiger partial charge on any atom is 0.213 e. The number of benzene rings is 2. The smallest absolute Gasteiger partial charge is 0.213 e. The second kappa shape index (κ2) is 11.1. The summed E-state index contributed by atoms with van der Waals surface area (Å²) >= 11 is 0. The van der Waals surface area contributed by atoms with E-state index in [0.29, 0.717) is 17.2 Å². The summed E-state index contributed by atoms with van der Waals surface area (Å²) < 4.78 is 12.1. The predicted molar refractivity (Wildman–Crippen MR) is 158 cm³/mol. The fourth-order valence-electron chi connectivity index (χ4n) is 6.91. The van der Waals surface area contributed by atoms with Crippen LogP contribution in [0.3, 0.4) is 0 Å². The van der Waals surface area contributed by atoms with Gasteiger partial charge >= 0.3 is 0 Å². The quantitative estimate of drug-likeness (QED) is 0.327. The van der Waals surface area contributed by atoms with E-state index in [1.165, 1.54) is 28.7 Å². The van der Waals surface area contributed by atoms with Crippen LogP contribution in [0.2, 0.25) is 0 Å². The summed E-state index contributed by atoms with van der Waals surface area (Å²) in [6.45, 7) is 9.54. The molecule has 3 aliphatic rings. The Kier molecular flexibility index (Phi) is 7.54. The van der Waals surface area contributed by atoms with Gasteiger partial charge in [0.15, 0.2) is 0 Å². The molecule has 0 N–H and O–H groups in total. The molecule has 2 fully saturated rings. The lowest BCUT2D eigenvalue weighted by Crippen LogP contribution is -2.34. The number of fused-ring (bicyclic) bond motifs is 1. The number of likely N-dealkylation sites (tertiary alicyclic amines) is 1. The minimum Gasteiger partial charge on any atom is -0.550 e. The van der Waals surface area contributed by atoms with Crippen molar-refractivity contribution in [2.45, 2.75) is 71.4 Å². The number of nitrogens with zero attached hydrogens (tertiary/aromatic N) is 2. The normalized spacial score (nSPS) is 21.5. The number of ether oxygens (including phenoxy) is 2. The first-order chi connectivity index (χ1) is 19.7. The monoisotopic (exact) mass is 553 g/mol. The number of hydrogen-bond acceptors (Lipinski definition) is 6. The van der Waals surface area contributed by atoms with E-state index < -0.39 is 11.9 Å². The van der Waals surface area contributed by atoms with E-state index >= 15 is 0 Å². The Morgan fingerprint density at radius 2 is 1.98 bits per heavy atom. The fourth-order valence-corrected chi connectivity index (χ4v) is 6.91. The third-order valence-electron chi connectivity index (χ3n) is 9.37. The molecular weight excluding hydrogens is 512 g/mol. The van der Waals surface area contributed by atoms with Crippen molar-refractivity contribution in [2.75, 3.05) is 20.2 Å². The summed E-state index contributed by atoms with van der Waals surface area (Å²) in [6.07, 6.45) is 6.96. The van der Waals surface area contributed by atoms with E-state index in [9.17, 15) is 9.90 Å². The van der Waals surface area contributed by atoms with Crippen LogP contribution in [0.4, 0.5) is 0 Å². The zero-order valence-electron chi connectivity index (χ0n) is 24.7. The van der Waals surface area contributed by atoms with E-state index in [0.717, 1.165) is 62.2 Å². The molecule has 3 heterocycles. The Morgan fingerprint density at radius 3 is 2.68 bits per heavy atom. The molecule has 1 saturated carbocycles. The van der Waals surface area contributed by atoms with Gasteiger partial charge in [0.1, 0.15) is 11.9 Å². The van der Waals surface area contributed by atoms with E-state index in [1.54, 1.807) is 20.2 Å². The lowest BCUT2D eigenvalue weighted by molar-refractivity contribution is -0.311. The van der Waals surface area contributed by atoms with Gasteiger partial charge in [0.05, 0.1) is 7.11 Å². The summed E-state index contributed by atoms with van der Waals surface area (Å²) in [7, 11) is 1.65. The second-order valence-corrected chi connectivity index (χ2v) is 13.1. The SMILES string of the molecule is COc1cc(-c2ccc(C3CCc4ccc([C@H](C5CC5)[C@H](C)C(=O)[O-])cc4O3)cc2CN2CCC(C)(C)C2)ccn1. The lowest BCUT2D eigenvalue weighted by atomic mass is 9.82. The molecule has 3 aromatic rings. The molecule has 3 atom stereocenters. The summed E-state index contributed by atoms with van der Waals surface area (Å²) in [5.41, 5.74) is 7.35. The summed E-state index contributed by atoms with van der Waals surface area (Å²) in [6, 6.07) is 17.2. The molecular formula is C35H41N2O4-. The molecule has 6 nitrogen and oxygen atoms in total. The number of rotatable bonds is 9. The van der Waals surface area contributed by atoms with Crippen LogP contribution < -0.4 is 14.6 Å². The number of carboxylic acids is 1. The molecule has 1 unspecified atom stereocenters. The number of carboxylic acid groups (broad SMARTS) is 1. The zero-order valence-corrected chi connectivity index (χ0v) is 24.7. The van der Waals surface area contributed by atoms with Gasteiger partial charge in [0.2, 0.25) is 5.88 Å². The Hall–Kier alpha value is -3.38. The molecule has 216 valence electrons. The molecule has 1 aromatic heterocycles. The van der Waals surface area contributed by atoms with Crippen molar-refractivity contribution < 1.29 is 19.4 Å². The molecule has 0 spiro atoms. The maximum atomic E-state index is 11.8. The Bertz CT molecular complexity index is 1430. The van der Waals surface area contributed by atoms with Crippen molar-refractivity contribution in [3.63, 3.8) is 0 Å². The van der Waals surface area contributed by atoms with E-state index in [2.05, 4.69) is 60.1 Å². The van der Waals surface area contributed by atoms with Crippen molar-refractivity contribution in [1.82, 2.24) is 9.88 Å².